The fourth-order valence-corrected chi connectivity index (χ4v) is 1.68. The quantitative estimate of drug-likeness (QED) is 0.593. The van der Waals surface area contributed by atoms with E-state index in [9.17, 15) is 0 Å². The molecule has 0 unspecified atom stereocenters. The van der Waals surface area contributed by atoms with Crippen LogP contribution in [0.3, 0.4) is 0 Å². The van der Waals surface area contributed by atoms with Crippen molar-refractivity contribution in [2.75, 3.05) is 0 Å². The van der Waals surface area contributed by atoms with Gasteiger partial charge in [-0.2, -0.15) is 5.26 Å². The van der Waals surface area contributed by atoms with E-state index in [1.165, 1.54) is 0 Å². The van der Waals surface area contributed by atoms with E-state index in [1.807, 2.05) is 0 Å². The number of hydrogen-bond acceptors (Lipinski definition) is 3. The minimum Gasteiger partial charge on any atom is -0.234 e. The molecule has 58 valence electrons. The third kappa shape index (κ3) is 1.58. The number of nitrogens with zero attached hydrogens (tertiary/aromatic N) is 2. The Kier molecular flexibility index (Phi) is 1.97. The van der Waals surface area contributed by atoms with Crippen LogP contribution in [-0.4, -0.2) is 4.98 Å². The van der Waals surface area contributed by atoms with Gasteiger partial charge in [0.1, 0.15) is 6.07 Å². The average molecular weight is 166 g/mol. The first-order valence-corrected chi connectivity index (χ1v) is 4.27. The number of hydrogen-bond donors (Lipinski definition) is 0. The molecule has 0 N–H and O–H groups in total. The third-order valence-corrected chi connectivity index (χ3v) is 2.61. The zero-order valence-electron chi connectivity index (χ0n) is 6.88. The molecule has 0 atom stereocenters. The Morgan fingerprint density at radius 3 is 2.55 bits per heavy atom. The van der Waals surface area contributed by atoms with Crippen LogP contribution >= 0.6 is 11.3 Å². The van der Waals surface area contributed by atoms with Gasteiger partial charge < -0.3 is 0 Å². The number of thiazole rings is 1. The van der Waals surface area contributed by atoms with E-state index in [1.54, 1.807) is 16.8 Å². The van der Waals surface area contributed by atoms with E-state index in [4.69, 9.17) is 5.26 Å². The summed E-state index contributed by atoms with van der Waals surface area (Å²) in [6, 6.07) is 2.08. The SMILES string of the molecule is CC(C)(C)c1scnc1C#N. The summed E-state index contributed by atoms with van der Waals surface area (Å²) in [5.74, 6) is 0. The zero-order chi connectivity index (χ0) is 8.48. The predicted molar refractivity (Wildman–Crippen MR) is 45.5 cm³/mol. The maximum atomic E-state index is 8.66. The van der Waals surface area contributed by atoms with Gasteiger partial charge in [0.15, 0.2) is 5.69 Å². The van der Waals surface area contributed by atoms with E-state index < -0.39 is 0 Å². The number of aromatic nitrogens is 1. The highest BCUT2D eigenvalue weighted by Gasteiger charge is 2.20. The molecule has 3 heteroatoms. The Hall–Kier alpha value is -0.880. The molecule has 0 aliphatic carbocycles. The van der Waals surface area contributed by atoms with Crippen LogP contribution in [0.1, 0.15) is 31.3 Å². The lowest BCUT2D eigenvalue weighted by Gasteiger charge is -2.15. The summed E-state index contributed by atoms with van der Waals surface area (Å²) in [5, 5.41) is 8.66. The van der Waals surface area contributed by atoms with E-state index in [2.05, 4.69) is 31.8 Å². The largest absolute Gasteiger partial charge is 0.234 e. The van der Waals surface area contributed by atoms with Crippen LogP contribution < -0.4 is 0 Å². The van der Waals surface area contributed by atoms with Crippen molar-refractivity contribution in [1.29, 1.82) is 5.26 Å². The molecule has 0 fully saturated rings. The molecule has 0 aromatic carbocycles. The van der Waals surface area contributed by atoms with Crippen LogP contribution in [0.4, 0.5) is 0 Å². The van der Waals surface area contributed by atoms with Crippen molar-refractivity contribution in [1.82, 2.24) is 4.98 Å². The molecule has 0 saturated carbocycles. The van der Waals surface area contributed by atoms with Crippen LogP contribution in [0.5, 0.6) is 0 Å². The van der Waals surface area contributed by atoms with Crippen LogP contribution in [0.2, 0.25) is 0 Å². The molecule has 1 aromatic rings. The smallest absolute Gasteiger partial charge is 0.155 e. The van der Waals surface area contributed by atoms with Crippen molar-refractivity contribution >= 4 is 11.3 Å². The van der Waals surface area contributed by atoms with Gasteiger partial charge in [0.05, 0.1) is 5.51 Å². The molecular formula is C8H10N2S. The Labute approximate surface area is 70.5 Å². The van der Waals surface area contributed by atoms with Crippen molar-refractivity contribution < 1.29 is 0 Å². The minimum atomic E-state index is 0.0478. The molecule has 0 radical (unpaired) electrons. The Bertz CT molecular complexity index is 288. The average Bonchev–Trinajstić information content (AvgIpc) is 2.31. The zero-order valence-corrected chi connectivity index (χ0v) is 7.70. The molecule has 1 rings (SSSR count). The second-order valence-corrected chi connectivity index (χ2v) is 4.25. The molecule has 0 bridgehead atoms. The highest BCUT2D eigenvalue weighted by atomic mass is 32.1. The first kappa shape index (κ1) is 8.22. The lowest BCUT2D eigenvalue weighted by atomic mass is 9.93. The first-order chi connectivity index (χ1) is 5.05. The summed E-state index contributed by atoms with van der Waals surface area (Å²) in [4.78, 5) is 5.03. The first-order valence-electron chi connectivity index (χ1n) is 3.40. The van der Waals surface area contributed by atoms with Crippen LogP contribution in [0.15, 0.2) is 5.51 Å². The molecule has 0 spiro atoms. The summed E-state index contributed by atoms with van der Waals surface area (Å²) in [6.45, 7) is 6.25. The normalized spacial score (nSPS) is 11.1. The van der Waals surface area contributed by atoms with Gasteiger partial charge in [-0.15, -0.1) is 11.3 Å². The van der Waals surface area contributed by atoms with Crippen molar-refractivity contribution in [3.05, 3.63) is 16.1 Å². The second-order valence-electron chi connectivity index (χ2n) is 3.39. The summed E-state index contributed by atoms with van der Waals surface area (Å²) in [6.07, 6.45) is 0. The topological polar surface area (TPSA) is 36.7 Å². The molecule has 0 aliphatic rings. The van der Waals surface area contributed by atoms with Crippen molar-refractivity contribution in [3.63, 3.8) is 0 Å². The van der Waals surface area contributed by atoms with Gasteiger partial charge >= 0.3 is 0 Å². The fraction of sp³-hybridized carbons (Fsp3) is 0.500. The number of nitriles is 1. The lowest BCUT2D eigenvalue weighted by molar-refractivity contribution is 0.600. The molecule has 11 heavy (non-hydrogen) atoms. The van der Waals surface area contributed by atoms with Gasteiger partial charge in [-0.05, 0) is 5.41 Å². The Morgan fingerprint density at radius 2 is 2.18 bits per heavy atom. The van der Waals surface area contributed by atoms with Crippen LogP contribution in [0, 0.1) is 11.3 Å². The summed E-state index contributed by atoms with van der Waals surface area (Å²) < 4.78 is 0. The van der Waals surface area contributed by atoms with Gasteiger partial charge in [0, 0.05) is 4.88 Å². The maximum Gasteiger partial charge on any atom is 0.155 e. The molecule has 1 aromatic heterocycles. The fourth-order valence-electron chi connectivity index (χ4n) is 0.858. The molecule has 2 nitrogen and oxygen atoms in total. The van der Waals surface area contributed by atoms with Crippen LogP contribution in [0.25, 0.3) is 0 Å². The van der Waals surface area contributed by atoms with Crippen LogP contribution in [-0.2, 0) is 5.41 Å². The molecule has 0 saturated heterocycles. The summed E-state index contributed by atoms with van der Waals surface area (Å²) >= 11 is 1.55. The van der Waals surface area contributed by atoms with Crippen molar-refractivity contribution in [2.45, 2.75) is 26.2 Å². The minimum absolute atomic E-state index is 0.0478. The van der Waals surface area contributed by atoms with Gasteiger partial charge in [-0.25, -0.2) is 4.98 Å². The Morgan fingerprint density at radius 1 is 1.55 bits per heavy atom. The molecule has 0 amide bonds. The van der Waals surface area contributed by atoms with Crippen molar-refractivity contribution in [2.24, 2.45) is 0 Å². The second kappa shape index (κ2) is 2.63. The molecule has 1 heterocycles. The van der Waals surface area contributed by atoms with E-state index in [0.717, 1.165) is 4.88 Å². The number of rotatable bonds is 0. The van der Waals surface area contributed by atoms with Crippen molar-refractivity contribution in [3.8, 4) is 6.07 Å². The highest BCUT2D eigenvalue weighted by molar-refractivity contribution is 7.10. The molecular weight excluding hydrogens is 156 g/mol. The van der Waals surface area contributed by atoms with Gasteiger partial charge in [0.2, 0.25) is 0 Å². The monoisotopic (exact) mass is 166 g/mol. The lowest BCUT2D eigenvalue weighted by Crippen LogP contribution is -2.10. The predicted octanol–water partition coefficient (Wildman–Crippen LogP) is 2.31. The van der Waals surface area contributed by atoms with E-state index in [-0.39, 0.29) is 5.41 Å². The summed E-state index contributed by atoms with van der Waals surface area (Å²) in [5.41, 5.74) is 2.34. The Balaban J connectivity index is 3.15. The van der Waals surface area contributed by atoms with Gasteiger partial charge in [0.25, 0.3) is 0 Å². The van der Waals surface area contributed by atoms with Gasteiger partial charge in [-0.3, -0.25) is 0 Å². The molecule has 0 aliphatic heterocycles. The standard InChI is InChI=1S/C8H10N2S/c1-8(2,3)7-6(4-9)10-5-11-7/h5H,1-3H3. The van der Waals surface area contributed by atoms with E-state index in [0.29, 0.717) is 5.69 Å². The summed E-state index contributed by atoms with van der Waals surface area (Å²) in [7, 11) is 0. The third-order valence-electron chi connectivity index (χ3n) is 1.35. The van der Waals surface area contributed by atoms with Gasteiger partial charge in [-0.1, -0.05) is 20.8 Å². The van der Waals surface area contributed by atoms with E-state index >= 15 is 0 Å². The maximum absolute atomic E-state index is 8.66. The highest BCUT2D eigenvalue weighted by Crippen LogP contribution is 2.28.